The van der Waals surface area contributed by atoms with Crippen molar-refractivity contribution in [3.05, 3.63) is 119 Å². The number of benzene rings is 4. The Bertz CT molecular complexity index is 1560. The molecular formula is C26H16O6S2. The minimum Gasteiger partial charge on any atom is -0.289 e. The highest BCUT2D eigenvalue weighted by atomic mass is 32.2. The number of carbonyl (C=O) groups is 2. The van der Waals surface area contributed by atoms with E-state index >= 15 is 0 Å². The molecule has 0 bridgehead atoms. The quantitative estimate of drug-likeness (QED) is 0.377. The summed E-state index contributed by atoms with van der Waals surface area (Å²) in [7, 11) is -8.22. The minimum atomic E-state index is -4.11. The molecule has 4 aromatic rings. The number of ketones is 2. The summed E-state index contributed by atoms with van der Waals surface area (Å²) < 4.78 is 53.3. The van der Waals surface area contributed by atoms with Gasteiger partial charge in [0, 0.05) is 11.1 Å². The summed E-state index contributed by atoms with van der Waals surface area (Å²) in [6, 6.07) is 23.2. The Labute approximate surface area is 196 Å². The van der Waals surface area contributed by atoms with E-state index in [2.05, 4.69) is 0 Å². The molecule has 0 fully saturated rings. The molecule has 0 N–H and O–H groups in total. The SMILES string of the molecule is O=C1c2cccc(S(=O)(=O)c3ccccc3)c2C(=O)c2cccc(S(=O)(=O)c3ccccc3)c21. The van der Waals surface area contributed by atoms with E-state index in [-0.39, 0.29) is 41.8 Å². The molecule has 34 heavy (non-hydrogen) atoms. The van der Waals surface area contributed by atoms with Gasteiger partial charge in [0.2, 0.25) is 19.7 Å². The predicted octanol–water partition coefficient (Wildman–Crippen LogP) is 4.13. The maximum absolute atomic E-state index is 13.6. The van der Waals surface area contributed by atoms with Gasteiger partial charge in [0.25, 0.3) is 0 Å². The van der Waals surface area contributed by atoms with Crippen LogP contribution in [0, 0.1) is 0 Å². The summed E-state index contributed by atoms with van der Waals surface area (Å²) in [4.78, 5) is 26.5. The van der Waals surface area contributed by atoms with E-state index in [1.54, 1.807) is 36.4 Å². The molecule has 0 aromatic heterocycles. The van der Waals surface area contributed by atoms with Gasteiger partial charge in [0.15, 0.2) is 11.6 Å². The Morgan fingerprint density at radius 2 is 0.765 bits per heavy atom. The van der Waals surface area contributed by atoms with Crippen LogP contribution in [0.2, 0.25) is 0 Å². The van der Waals surface area contributed by atoms with Gasteiger partial charge in [-0.1, -0.05) is 60.7 Å². The van der Waals surface area contributed by atoms with Gasteiger partial charge in [-0.15, -0.1) is 0 Å². The molecule has 5 rings (SSSR count). The van der Waals surface area contributed by atoms with Gasteiger partial charge >= 0.3 is 0 Å². The summed E-state index contributed by atoms with van der Waals surface area (Å²) in [6.07, 6.45) is 0. The molecule has 1 aliphatic carbocycles. The number of hydrogen-bond acceptors (Lipinski definition) is 6. The molecule has 0 radical (unpaired) electrons. The van der Waals surface area contributed by atoms with Crippen LogP contribution >= 0.6 is 0 Å². The summed E-state index contributed by atoms with van der Waals surface area (Å²) in [5.74, 6) is -1.44. The molecule has 6 nitrogen and oxygen atoms in total. The van der Waals surface area contributed by atoms with Crippen molar-refractivity contribution in [2.45, 2.75) is 19.6 Å². The number of sulfone groups is 2. The highest BCUT2D eigenvalue weighted by Crippen LogP contribution is 2.37. The van der Waals surface area contributed by atoms with Crippen molar-refractivity contribution in [3.63, 3.8) is 0 Å². The van der Waals surface area contributed by atoms with Crippen molar-refractivity contribution in [2.24, 2.45) is 0 Å². The third kappa shape index (κ3) is 3.22. The lowest BCUT2D eigenvalue weighted by molar-refractivity contribution is 0.0974. The lowest BCUT2D eigenvalue weighted by Crippen LogP contribution is -2.26. The molecule has 1 aliphatic rings. The van der Waals surface area contributed by atoms with E-state index in [0.717, 1.165) is 0 Å². The van der Waals surface area contributed by atoms with Crippen LogP contribution in [0.25, 0.3) is 0 Å². The first-order valence-corrected chi connectivity index (χ1v) is 13.2. The Hall–Kier alpha value is -3.88. The van der Waals surface area contributed by atoms with Gasteiger partial charge < -0.3 is 0 Å². The maximum Gasteiger partial charge on any atom is 0.207 e. The zero-order valence-corrected chi connectivity index (χ0v) is 19.1. The number of hydrogen-bond donors (Lipinski definition) is 0. The topological polar surface area (TPSA) is 102 Å². The Morgan fingerprint density at radius 1 is 0.412 bits per heavy atom. The molecular weight excluding hydrogens is 472 g/mol. The largest absolute Gasteiger partial charge is 0.289 e. The monoisotopic (exact) mass is 488 g/mol. The average Bonchev–Trinajstić information content (AvgIpc) is 2.87. The van der Waals surface area contributed by atoms with Gasteiger partial charge in [-0.05, 0) is 36.4 Å². The normalized spacial score (nSPS) is 13.3. The number of carbonyl (C=O) groups excluding carboxylic acids is 2. The Morgan fingerprint density at radius 3 is 1.12 bits per heavy atom. The molecule has 0 spiro atoms. The van der Waals surface area contributed by atoms with Gasteiger partial charge in [0.1, 0.15) is 0 Å². The van der Waals surface area contributed by atoms with Crippen molar-refractivity contribution in [3.8, 4) is 0 Å². The van der Waals surface area contributed by atoms with Crippen LogP contribution < -0.4 is 0 Å². The maximum atomic E-state index is 13.6. The first-order chi connectivity index (χ1) is 16.2. The molecule has 0 saturated carbocycles. The van der Waals surface area contributed by atoms with E-state index in [0.29, 0.717) is 0 Å². The lowest BCUT2D eigenvalue weighted by atomic mass is 9.84. The van der Waals surface area contributed by atoms with Gasteiger partial charge in [-0.3, -0.25) is 9.59 Å². The van der Waals surface area contributed by atoms with Crippen molar-refractivity contribution in [2.75, 3.05) is 0 Å². The van der Waals surface area contributed by atoms with Crippen LogP contribution in [-0.4, -0.2) is 28.4 Å². The van der Waals surface area contributed by atoms with Crippen molar-refractivity contribution >= 4 is 31.2 Å². The molecule has 0 heterocycles. The molecule has 0 unspecified atom stereocenters. The molecule has 0 amide bonds. The standard InChI is InChI=1S/C26H16O6S2/c27-25-20-14-8-16-22(34(31,32)18-11-5-2-6-12-18)24(20)26(28)19-13-7-15-21(23(19)25)33(29,30)17-9-3-1-4-10-17/h1-16H. The van der Waals surface area contributed by atoms with E-state index in [9.17, 15) is 26.4 Å². The predicted molar refractivity (Wildman–Crippen MR) is 124 cm³/mol. The van der Waals surface area contributed by atoms with Crippen LogP contribution in [0.3, 0.4) is 0 Å². The summed E-state index contributed by atoms with van der Waals surface area (Å²) in [5, 5.41) is 0. The average molecular weight is 489 g/mol. The van der Waals surface area contributed by atoms with Gasteiger partial charge in [-0.2, -0.15) is 0 Å². The Balaban J connectivity index is 1.75. The fourth-order valence-electron chi connectivity index (χ4n) is 4.08. The van der Waals surface area contributed by atoms with E-state index < -0.39 is 31.2 Å². The first-order valence-electron chi connectivity index (χ1n) is 10.2. The molecule has 168 valence electrons. The number of fused-ring (bicyclic) bond motifs is 2. The van der Waals surface area contributed by atoms with Crippen molar-refractivity contribution in [1.82, 2.24) is 0 Å². The highest BCUT2D eigenvalue weighted by Gasteiger charge is 2.38. The van der Waals surface area contributed by atoms with Crippen molar-refractivity contribution in [1.29, 1.82) is 0 Å². The molecule has 0 aliphatic heterocycles. The second kappa shape index (κ2) is 7.86. The second-order valence-electron chi connectivity index (χ2n) is 7.65. The summed E-state index contributed by atoms with van der Waals surface area (Å²) in [5.41, 5.74) is -0.799. The van der Waals surface area contributed by atoms with Crippen molar-refractivity contribution < 1.29 is 26.4 Å². The van der Waals surface area contributed by atoms with E-state index in [1.807, 2.05) is 0 Å². The zero-order valence-electron chi connectivity index (χ0n) is 17.5. The summed E-state index contributed by atoms with van der Waals surface area (Å²) in [6.45, 7) is 0. The first kappa shape index (κ1) is 21.9. The fraction of sp³-hybridized carbons (Fsp3) is 0. The van der Waals surface area contributed by atoms with E-state index in [4.69, 9.17) is 0 Å². The van der Waals surface area contributed by atoms with Crippen LogP contribution in [-0.2, 0) is 19.7 Å². The minimum absolute atomic E-state index is 0.0187. The molecule has 0 saturated heterocycles. The fourth-order valence-corrected chi connectivity index (χ4v) is 7.08. The third-order valence-electron chi connectivity index (χ3n) is 5.68. The number of rotatable bonds is 4. The van der Waals surface area contributed by atoms with Gasteiger partial charge in [0.05, 0.1) is 30.7 Å². The third-order valence-corrected chi connectivity index (χ3v) is 9.31. The zero-order chi connectivity index (χ0) is 24.1. The van der Waals surface area contributed by atoms with E-state index in [1.165, 1.54) is 60.7 Å². The van der Waals surface area contributed by atoms with Crippen LogP contribution in [0.1, 0.15) is 31.8 Å². The molecule has 0 atom stereocenters. The van der Waals surface area contributed by atoms with Crippen LogP contribution in [0.5, 0.6) is 0 Å². The van der Waals surface area contributed by atoms with Crippen LogP contribution in [0.15, 0.2) is 117 Å². The second-order valence-corrected chi connectivity index (χ2v) is 11.5. The van der Waals surface area contributed by atoms with Gasteiger partial charge in [-0.25, -0.2) is 16.8 Å². The smallest absolute Gasteiger partial charge is 0.207 e. The molecule has 4 aromatic carbocycles. The molecule has 8 heteroatoms. The lowest BCUT2D eigenvalue weighted by Gasteiger charge is -2.22. The highest BCUT2D eigenvalue weighted by molar-refractivity contribution is 7.92. The Kier molecular flexibility index (Phi) is 5.07. The summed E-state index contributed by atoms with van der Waals surface area (Å²) >= 11 is 0. The van der Waals surface area contributed by atoms with Crippen LogP contribution in [0.4, 0.5) is 0 Å².